The topological polar surface area (TPSA) is 63.2 Å². The number of hydrogen-bond donors (Lipinski definition) is 2. The SMILES string of the molecule is CCCNC(=O)c1ccc(Nc2ccc(Oc3ccccc3)cc2)cn1. The molecule has 5 nitrogen and oxygen atoms in total. The largest absolute Gasteiger partial charge is 0.457 e. The van der Waals surface area contributed by atoms with Gasteiger partial charge in [-0.3, -0.25) is 4.79 Å². The molecule has 1 heterocycles. The number of pyridine rings is 1. The van der Waals surface area contributed by atoms with Crippen molar-refractivity contribution >= 4 is 17.3 Å². The van der Waals surface area contributed by atoms with Gasteiger partial charge < -0.3 is 15.4 Å². The minimum Gasteiger partial charge on any atom is -0.457 e. The summed E-state index contributed by atoms with van der Waals surface area (Å²) in [5, 5.41) is 6.06. The lowest BCUT2D eigenvalue weighted by atomic mass is 10.2. The van der Waals surface area contributed by atoms with Gasteiger partial charge in [0, 0.05) is 12.2 Å². The molecule has 0 aliphatic carbocycles. The number of nitrogens with one attached hydrogen (secondary N) is 2. The molecule has 0 spiro atoms. The first kappa shape index (κ1) is 17.5. The van der Waals surface area contributed by atoms with E-state index in [0.29, 0.717) is 12.2 Å². The summed E-state index contributed by atoms with van der Waals surface area (Å²) in [6.45, 7) is 2.66. The Morgan fingerprint density at radius 1 is 0.923 bits per heavy atom. The summed E-state index contributed by atoms with van der Waals surface area (Å²) in [6.07, 6.45) is 2.55. The molecule has 0 atom stereocenters. The van der Waals surface area contributed by atoms with E-state index in [1.807, 2.05) is 67.6 Å². The van der Waals surface area contributed by atoms with Crippen LogP contribution in [0.25, 0.3) is 0 Å². The maximum Gasteiger partial charge on any atom is 0.269 e. The predicted octanol–water partition coefficient (Wildman–Crippen LogP) is 4.76. The Bertz CT molecular complexity index is 831. The zero-order chi connectivity index (χ0) is 18.2. The van der Waals surface area contributed by atoms with Crippen LogP contribution in [0.5, 0.6) is 11.5 Å². The number of ether oxygens (including phenoxy) is 1. The Hall–Kier alpha value is -3.34. The zero-order valence-corrected chi connectivity index (χ0v) is 14.6. The van der Waals surface area contributed by atoms with Crippen molar-refractivity contribution in [3.63, 3.8) is 0 Å². The van der Waals surface area contributed by atoms with E-state index in [0.717, 1.165) is 29.3 Å². The van der Waals surface area contributed by atoms with E-state index in [2.05, 4.69) is 15.6 Å². The first-order chi connectivity index (χ1) is 12.7. The third-order valence-electron chi connectivity index (χ3n) is 3.65. The second kappa shape index (κ2) is 8.67. The van der Waals surface area contributed by atoms with E-state index in [9.17, 15) is 4.79 Å². The Morgan fingerprint density at radius 2 is 1.62 bits per heavy atom. The molecule has 0 fully saturated rings. The number of para-hydroxylation sites is 1. The number of aromatic nitrogens is 1. The molecule has 0 unspecified atom stereocenters. The number of rotatable bonds is 7. The maximum absolute atomic E-state index is 11.9. The molecule has 0 radical (unpaired) electrons. The summed E-state index contributed by atoms with van der Waals surface area (Å²) < 4.78 is 5.77. The Morgan fingerprint density at radius 3 is 2.27 bits per heavy atom. The number of benzene rings is 2. The number of carbonyl (C=O) groups is 1. The van der Waals surface area contributed by atoms with Crippen molar-refractivity contribution in [3.05, 3.63) is 78.6 Å². The van der Waals surface area contributed by atoms with E-state index in [4.69, 9.17) is 4.74 Å². The molecule has 0 saturated carbocycles. The highest BCUT2D eigenvalue weighted by Gasteiger charge is 2.06. The molecular weight excluding hydrogens is 326 g/mol. The third-order valence-corrected chi connectivity index (χ3v) is 3.65. The fourth-order valence-electron chi connectivity index (χ4n) is 2.33. The molecule has 3 aromatic rings. The molecule has 0 aliphatic heterocycles. The van der Waals surface area contributed by atoms with Crippen molar-refractivity contribution in [2.75, 3.05) is 11.9 Å². The van der Waals surface area contributed by atoms with Crippen LogP contribution in [0.1, 0.15) is 23.8 Å². The first-order valence-electron chi connectivity index (χ1n) is 8.59. The number of amides is 1. The zero-order valence-electron chi connectivity index (χ0n) is 14.6. The van der Waals surface area contributed by atoms with Crippen molar-refractivity contribution in [1.82, 2.24) is 10.3 Å². The molecular formula is C21H21N3O2. The van der Waals surface area contributed by atoms with E-state index < -0.39 is 0 Å². The summed E-state index contributed by atoms with van der Waals surface area (Å²) in [4.78, 5) is 16.1. The van der Waals surface area contributed by atoms with E-state index >= 15 is 0 Å². The minimum absolute atomic E-state index is 0.152. The predicted molar refractivity (Wildman–Crippen MR) is 103 cm³/mol. The molecule has 1 aromatic heterocycles. The quantitative estimate of drug-likeness (QED) is 0.647. The molecule has 5 heteroatoms. The molecule has 1 amide bonds. The van der Waals surface area contributed by atoms with Gasteiger partial charge in [0.25, 0.3) is 5.91 Å². The fourth-order valence-corrected chi connectivity index (χ4v) is 2.33. The minimum atomic E-state index is -0.152. The van der Waals surface area contributed by atoms with Crippen molar-refractivity contribution in [2.24, 2.45) is 0 Å². The lowest BCUT2D eigenvalue weighted by molar-refractivity contribution is 0.0948. The summed E-state index contributed by atoms with van der Waals surface area (Å²) in [5.74, 6) is 1.41. The Kier molecular flexibility index (Phi) is 5.83. The van der Waals surface area contributed by atoms with Crippen LogP contribution >= 0.6 is 0 Å². The summed E-state index contributed by atoms with van der Waals surface area (Å²) in [5.41, 5.74) is 2.14. The van der Waals surface area contributed by atoms with Gasteiger partial charge in [-0.15, -0.1) is 0 Å². The summed E-state index contributed by atoms with van der Waals surface area (Å²) >= 11 is 0. The lowest BCUT2D eigenvalue weighted by Gasteiger charge is -2.09. The number of anilines is 2. The van der Waals surface area contributed by atoms with Crippen LogP contribution in [-0.4, -0.2) is 17.4 Å². The van der Waals surface area contributed by atoms with Gasteiger partial charge in [0.2, 0.25) is 0 Å². The van der Waals surface area contributed by atoms with Gasteiger partial charge in [-0.05, 0) is 55.0 Å². The second-order valence-electron chi connectivity index (χ2n) is 5.75. The van der Waals surface area contributed by atoms with Crippen LogP contribution < -0.4 is 15.4 Å². The standard InChI is InChI=1S/C21H21N3O2/c1-2-14-22-21(25)20-13-10-17(15-23-20)24-16-8-11-19(12-9-16)26-18-6-4-3-5-7-18/h3-13,15,24H,2,14H2,1H3,(H,22,25). The summed E-state index contributed by atoms with van der Waals surface area (Å²) in [7, 11) is 0. The van der Waals surface area contributed by atoms with E-state index in [1.54, 1.807) is 12.3 Å². The summed E-state index contributed by atoms with van der Waals surface area (Å²) in [6, 6.07) is 20.8. The van der Waals surface area contributed by atoms with Gasteiger partial charge in [0.1, 0.15) is 17.2 Å². The molecule has 3 rings (SSSR count). The van der Waals surface area contributed by atoms with Crippen LogP contribution in [-0.2, 0) is 0 Å². The number of nitrogens with zero attached hydrogens (tertiary/aromatic N) is 1. The van der Waals surface area contributed by atoms with Crippen LogP contribution in [0, 0.1) is 0 Å². The van der Waals surface area contributed by atoms with E-state index in [1.165, 1.54) is 0 Å². The molecule has 26 heavy (non-hydrogen) atoms. The van der Waals surface area contributed by atoms with Gasteiger partial charge in [0.05, 0.1) is 11.9 Å². The monoisotopic (exact) mass is 347 g/mol. The lowest BCUT2D eigenvalue weighted by Crippen LogP contribution is -2.24. The van der Waals surface area contributed by atoms with Crippen molar-refractivity contribution in [3.8, 4) is 11.5 Å². The molecule has 132 valence electrons. The van der Waals surface area contributed by atoms with Crippen molar-refractivity contribution < 1.29 is 9.53 Å². The molecule has 2 aromatic carbocycles. The van der Waals surface area contributed by atoms with Gasteiger partial charge in [0.15, 0.2) is 0 Å². The van der Waals surface area contributed by atoms with Crippen LogP contribution in [0.3, 0.4) is 0 Å². The van der Waals surface area contributed by atoms with Crippen molar-refractivity contribution in [2.45, 2.75) is 13.3 Å². The average Bonchev–Trinajstić information content (AvgIpc) is 2.69. The third kappa shape index (κ3) is 4.83. The smallest absolute Gasteiger partial charge is 0.269 e. The van der Waals surface area contributed by atoms with Crippen LogP contribution in [0.2, 0.25) is 0 Å². The molecule has 0 aliphatic rings. The van der Waals surface area contributed by atoms with E-state index in [-0.39, 0.29) is 5.91 Å². The normalized spacial score (nSPS) is 10.2. The fraction of sp³-hybridized carbons (Fsp3) is 0.143. The number of hydrogen-bond acceptors (Lipinski definition) is 4. The highest BCUT2D eigenvalue weighted by atomic mass is 16.5. The average molecular weight is 347 g/mol. The second-order valence-corrected chi connectivity index (χ2v) is 5.75. The highest BCUT2D eigenvalue weighted by Crippen LogP contribution is 2.24. The first-order valence-corrected chi connectivity index (χ1v) is 8.59. The van der Waals surface area contributed by atoms with Crippen molar-refractivity contribution in [1.29, 1.82) is 0 Å². The van der Waals surface area contributed by atoms with Crippen LogP contribution in [0.4, 0.5) is 11.4 Å². The van der Waals surface area contributed by atoms with Gasteiger partial charge in [-0.1, -0.05) is 25.1 Å². The molecule has 0 bridgehead atoms. The molecule has 2 N–H and O–H groups in total. The van der Waals surface area contributed by atoms with Crippen LogP contribution in [0.15, 0.2) is 72.9 Å². The highest BCUT2D eigenvalue weighted by molar-refractivity contribution is 5.92. The number of carbonyl (C=O) groups excluding carboxylic acids is 1. The molecule has 0 saturated heterocycles. The van der Waals surface area contributed by atoms with Gasteiger partial charge >= 0.3 is 0 Å². The van der Waals surface area contributed by atoms with Gasteiger partial charge in [-0.25, -0.2) is 4.98 Å². The Balaban J connectivity index is 1.59. The Labute approximate surface area is 153 Å². The maximum atomic E-state index is 11.9. The van der Waals surface area contributed by atoms with Gasteiger partial charge in [-0.2, -0.15) is 0 Å².